The number of nitrogens with zero attached hydrogens (tertiary/aromatic N) is 3. The van der Waals surface area contributed by atoms with Gasteiger partial charge >= 0.3 is 0 Å². The molecule has 0 aromatic carbocycles. The average Bonchev–Trinajstić information content (AvgIpc) is 3.12. The van der Waals surface area contributed by atoms with E-state index in [2.05, 4.69) is 14.8 Å². The maximum Gasteiger partial charge on any atom is 0.191 e. The van der Waals surface area contributed by atoms with Crippen LogP contribution in [0.25, 0.3) is 0 Å². The quantitative estimate of drug-likeness (QED) is 0.793. The minimum Gasteiger partial charge on any atom is -0.389 e. The first-order valence-electron chi connectivity index (χ1n) is 6.34. The van der Waals surface area contributed by atoms with Gasteiger partial charge in [-0.15, -0.1) is 10.2 Å². The van der Waals surface area contributed by atoms with Crippen molar-refractivity contribution in [2.45, 2.75) is 56.2 Å². The van der Waals surface area contributed by atoms with Gasteiger partial charge in [0.05, 0.1) is 5.60 Å². The number of thioether (sulfide) groups is 1. The molecule has 4 nitrogen and oxygen atoms in total. The Morgan fingerprint density at radius 2 is 2.00 bits per heavy atom. The number of hydrogen-bond acceptors (Lipinski definition) is 4. The Labute approximate surface area is 107 Å². The summed E-state index contributed by atoms with van der Waals surface area (Å²) in [5.41, 5.74) is -0.573. The molecule has 0 unspecified atom stereocenters. The van der Waals surface area contributed by atoms with Gasteiger partial charge in [-0.25, -0.2) is 0 Å². The minimum absolute atomic E-state index is 0.573. The van der Waals surface area contributed by atoms with Gasteiger partial charge in [0.25, 0.3) is 0 Å². The Hall–Kier alpha value is -0.550. The molecule has 0 saturated heterocycles. The van der Waals surface area contributed by atoms with E-state index in [-0.39, 0.29) is 0 Å². The van der Waals surface area contributed by atoms with E-state index in [1.165, 1.54) is 12.8 Å². The molecule has 5 heteroatoms. The predicted molar refractivity (Wildman–Crippen MR) is 69.2 cm³/mol. The van der Waals surface area contributed by atoms with Crippen molar-refractivity contribution in [1.82, 2.24) is 14.8 Å². The van der Waals surface area contributed by atoms with Crippen LogP contribution in [0.3, 0.4) is 0 Å². The third-order valence-corrected chi connectivity index (χ3v) is 4.89. The molecule has 1 saturated carbocycles. The summed E-state index contributed by atoms with van der Waals surface area (Å²) in [6, 6.07) is 0. The summed E-state index contributed by atoms with van der Waals surface area (Å²) in [4.78, 5) is 0. The maximum atomic E-state index is 10.2. The lowest BCUT2D eigenvalue weighted by atomic mass is 10.0. The van der Waals surface area contributed by atoms with Gasteiger partial charge in [-0.05, 0) is 25.7 Å². The minimum atomic E-state index is -0.573. The summed E-state index contributed by atoms with van der Waals surface area (Å²) in [7, 11) is 2.02. The Morgan fingerprint density at radius 3 is 2.53 bits per heavy atom. The molecule has 0 amide bonds. The van der Waals surface area contributed by atoms with Gasteiger partial charge in [-0.3, -0.25) is 0 Å². The van der Waals surface area contributed by atoms with Crippen molar-refractivity contribution in [2.75, 3.05) is 5.75 Å². The predicted octanol–water partition coefficient (Wildman–Crippen LogP) is 2.34. The van der Waals surface area contributed by atoms with Crippen molar-refractivity contribution in [2.24, 2.45) is 7.05 Å². The average molecular weight is 255 g/mol. The van der Waals surface area contributed by atoms with E-state index >= 15 is 0 Å². The zero-order valence-electron chi connectivity index (χ0n) is 10.8. The molecule has 0 bridgehead atoms. The molecule has 17 heavy (non-hydrogen) atoms. The van der Waals surface area contributed by atoms with E-state index in [4.69, 9.17) is 0 Å². The molecule has 1 fully saturated rings. The van der Waals surface area contributed by atoms with E-state index in [1.54, 1.807) is 11.8 Å². The number of aromatic nitrogens is 3. The topological polar surface area (TPSA) is 50.9 Å². The second kappa shape index (κ2) is 4.98. The van der Waals surface area contributed by atoms with Crippen molar-refractivity contribution in [3.63, 3.8) is 0 Å². The lowest BCUT2D eigenvalue weighted by Gasteiger charge is -2.24. The Kier molecular flexibility index (Phi) is 3.78. The fourth-order valence-electron chi connectivity index (χ4n) is 1.80. The summed E-state index contributed by atoms with van der Waals surface area (Å²) < 4.78 is 2.08. The fourth-order valence-corrected chi connectivity index (χ4v) is 2.99. The summed E-state index contributed by atoms with van der Waals surface area (Å²) >= 11 is 1.61. The van der Waals surface area contributed by atoms with Crippen molar-refractivity contribution in [1.29, 1.82) is 0 Å². The van der Waals surface area contributed by atoms with Crippen LogP contribution in [-0.4, -0.2) is 31.2 Å². The molecule has 96 valence electrons. The Bertz CT molecular complexity index is 383. The van der Waals surface area contributed by atoms with E-state index in [9.17, 15) is 5.11 Å². The fraction of sp³-hybridized carbons (Fsp3) is 0.833. The monoisotopic (exact) mass is 255 g/mol. The molecule has 1 aromatic heterocycles. The molecule has 0 radical (unpaired) electrons. The van der Waals surface area contributed by atoms with Crippen LogP contribution in [-0.2, 0) is 7.05 Å². The highest BCUT2D eigenvalue weighted by Crippen LogP contribution is 2.39. The highest BCUT2D eigenvalue weighted by molar-refractivity contribution is 7.99. The highest BCUT2D eigenvalue weighted by Gasteiger charge is 2.30. The molecular weight excluding hydrogens is 234 g/mol. The van der Waals surface area contributed by atoms with Gasteiger partial charge in [0.1, 0.15) is 5.82 Å². The molecule has 1 aromatic rings. The van der Waals surface area contributed by atoms with Crippen molar-refractivity contribution in [3.8, 4) is 0 Å². The van der Waals surface area contributed by atoms with E-state index in [0.717, 1.165) is 23.8 Å². The first-order valence-corrected chi connectivity index (χ1v) is 7.32. The normalized spacial score (nSPS) is 16.5. The van der Waals surface area contributed by atoms with Gasteiger partial charge < -0.3 is 9.67 Å². The summed E-state index contributed by atoms with van der Waals surface area (Å²) in [6.45, 7) is 4.05. The first kappa shape index (κ1) is 12.9. The third kappa shape index (κ3) is 2.83. The number of rotatable bonds is 6. The van der Waals surface area contributed by atoms with Gasteiger partial charge in [0.2, 0.25) is 0 Å². The van der Waals surface area contributed by atoms with Crippen molar-refractivity contribution < 1.29 is 5.11 Å². The molecule has 0 atom stereocenters. The third-order valence-electron chi connectivity index (χ3n) is 3.60. The summed E-state index contributed by atoms with van der Waals surface area (Å²) in [5.74, 6) is 2.42. The second-order valence-corrected chi connectivity index (χ2v) is 5.84. The van der Waals surface area contributed by atoms with Crippen LogP contribution in [0.4, 0.5) is 0 Å². The van der Waals surface area contributed by atoms with Gasteiger partial charge in [0, 0.05) is 18.7 Å². The number of hydrogen-bond donors (Lipinski definition) is 1. The van der Waals surface area contributed by atoms with Crippen LogP contribution in [0.1, 0.15) is 51.3 Å². The Balaban J connectivity index is 1.99. The van der Waals surface area contributed by atoms with Crippen LogP contribution in [0.15, 0.2) is 5.16 Å². The van der Waals surface area contributed by atoms with Gasteiger partial charge in [0.15, 0.2) is 5.16 Å². The molecule has 0 spiro atoms. The molecule has 2 rings (SSSR count). The van der Waals surface area contributed by atoms with Crippen LogP contribution >= 0.6 is 11.8 Å². The second-order valence-electron chi connectivity index (χ2n) is 4.89. The van der Waals surface area contributed by atoms with Gasteiger partial charge in [-0.1, -0.05) is 25.6 Å². The molecule has 1 aliphatic rings. The molecular formula is C12H21N3OS. The maximum absolute atomic E-state index is 10.2. The number of aliphatic hydroxyl groups is 1. The zero-order valence-corrected chi connectivity index (χ0v) is 11.6. The Morgan fingerprint density at radius 1 is 1.35 bits per heavy atom. The van der Waals surface area contributed by atoms with E-state index in [1.807, 2.05) is 20.9 Å². The summed E-state index contributed by atoms with van der Waals surface area (Å²) in [5, 5.41) is 19.6. The molecule has 1 heterocycles. The smallest absolute Gasteiger partial charge is 0.191 e. The van der Waals surface area contributed by atoms with Crippen LogP contribution in [0.2, 0.25) is 0 Å². The lowest BCUT2D eigenvalue weighted by molar-refractivity contribution is 0.0571. The van der Waals surface area contributed by atoms with Gasteiger partial charge in [-0.2, -0.15) is 0 Å². The largest absolute Gasteiger partial charge is 0.389 e. The molecule has 0 aliphatic heterocycles. The molecule has 1 N–H and O–H groups in total. The first-order chi connectivity index (χ1) is 8.09. The lowest BCUT2D eigenvalue weighted by Crippen LogP contribution is -2.29. The van der Waals surface area contributed by atoms with Crippen LogP contribution in [0.5, 0.6) is 0 Å². The standard InChI is InChI=1S/C12H21N3OS/c1-4-12(16,5-2)8-17-11-14-13-10(15(11)3)9-6-7-9/h9,16H,4-8H2,1-3H3. The SMILES string of the molecule is CCC(O)(CC)CSc1nnc(C2CC2)n1C. The highest BCUT2D eigenvalue weighted by atomic mass is 32.2. The molecule has 1 aliphatic carbocycles. The zero-order chi connectivity index (χ0) is 12.5. The van der Waals surface area contributed by atoms with E-state index in [0.29, 0.717) is 11.7 Å². The van der Waals surface area contributed by atoms with Crippen LogP contribution < -0.4 is 0 Å². The van der Waals surface area contributed by atoms with Crippen molar-refractivity contribution in [3.05, 3.63) is 5.82 Å². The van der Waals surface area contributed by atoms with Crippen molar-refractivity contribution >= 4 is 11.8 Å². The van der Waals surface area contributed by atoms with Crippen LogP contribution in [0, 0.1) is 0 Å². The summed E-state index contributed by atoms with van der Waals surface area (Å²) in [6.07, 6.45) is 4.04. The van der Waals surface area contributed by atoms with E-state index < -0.39 is 5.60 Å².